The van der Waals surface area contributed by atoms with Crippen LogP contribution in [0.3, 0.4) is 0 Å². The fraction of sp³-hybridized carbons (Fsp3) is 1.00. The van der Waals surface area contributed by atoms with Crippen LogP contribution < -0.4 is 0 Å². The van der Waals surface area contributed by atoms with Crippen molar-refractivity contribution in [2.24, 2.45) is 16.7 Å². The van der Waals surface area contributed by atoms with Gasteiger partial charge in [-0.1, -0.05) is 0 Å². The third-order valence-electron chi connectivity index (χ3n) is 4.58. The topological polar surface area (TPSA) is 0 Å². The van der Waals surface area contributed by atoms with Gasteiger partial charge in [-0.05, 0) is 12.3 Å². The number of rotatable bonds is 3. The first-order chi connectivity index (χ1) is 8.61. The summed E-state index contributed by atoms with van der Waals surface area (Å²) in [5, 5.41) is -1.08. The second-order valence-electron chi connectivity index (χ2n) is 5.00. The quantitative estimate of drug-likeness (QED) is 0.450. The number of hydrogen-bond acceptors (Lipinski definition) is 0. The van der Waals surface area contributed by atoms with Gasteiger partial charge in [-0.2, -0.15) is 0 Å². The highest BCUT2D eigenvalue weighted by atomic mass is 35.5. The van der Waals surface area contributed by atoms with Gasteiger partial charge in [-0.15, -0.1) is 104 Å². The molecule has 2 aliphatic carbocycles. The van der Waals surface area contributed by atoms with Crippen molar-refractivity contribution in [2.45, 2.75) is 31.2 Å². The Morgan fingerprint density at radius 2 is 1.47 bits per heavy atom. The van der Waals surface area contributed by atoms with Crippen molar-refractivity contribution in [1.82, 2.24) is 0 Å². The van der Waals surface area contributed by atoms with E-state index >= 15 is 0 Å². The van der Waals surface area contributed by atoms with Gasteiger partial charge in [-0.3, -0.25) is 0 Å². The van der Waals surface area contributed by atoms with Crippen molar-refractivity contribution in [3.05, 3.63) is 0 Å². The predicted octanol–water partition coefficient (Wildman–Crippen LogP) is 6.23. The maximum absolute atomic E-state index is 6.46. The molecule has 0 aromatic carbocycles. The molecular weight excluding hydrogens is 439 g/mol. The molecular formula is C10H9Cl9. The van der Waals surface area contributed by atoms with E-state index in [9.17, 15) is 0 Å². The predicted molar refractivity (Wildman–Crippen MR) is 88.4 cm³/mol. The van der Waals surface area contributed by atoms with Crippen LogP contribution >= 0.6 is 104 Å². The summed E-state index contributed by atoms with van der Waals surface area (Å²) in [6.45, 7) is 0. The van der Waals surface area contributed by atoms with E-state index in [1.807, 2.05) is 0 Å². The van der Waals surface area contributed by atoms with Crippen LogP contribution in [0.5, 0.6) is 0 Å². The van der Waals surface area contributed by atoms with Gasteiger partial charge in [0.15, 0.2) is 0 Å². The van der Waals surface area contributed by atoms with E-state index in [-0.39, 0.29) is 11.8 Å². The van der Waals surface area contributed by atoms with Crippen LogP contribution in [0.25, 0.3) is 0 Å². The van der Waals surface area contributed by atoms with Gasteiger partial charge in [0.2, 0.25) is 0 Å². The van der Waals surface area contributed by atoms with E-state index in [2.05, 4.69) is 0 Å². The lowest BCUT2D eigenvalue weighted by Crippen LogP contribution is -2.57. The van der Waals surface area contributed by atoms with Gasteiger partial charge in [0.25, 0.3) is 0 Å². The van der Waals surface area contributed by atoms with Crippen molar-refractivity contribution in [2.75, 3.05) is 5.88 Å². The zero-order chi connectivity index (χ0) is 14.8. The minimum absolute atomic E-state index is 0.0137. The highest BCUT2D eigenvalue weighted by molar-refractivity contribution is 6.53. The van der Waals surface area contributed by atoms with Crippen molar-refractivity contribution in [3.8, 4) is 0 Å². The molecule has 0 nitrogen and oxygen atoms in total. The molecule has 2 saturated carbocycles. The molecule has 2 bridgehead atoms. The minimum Gasteiger partial charge on any atom is -0.126 e. The summed E-state index contributed by atoms with van der Waals surface area (Å²) in [6, 6.07) is 0. The first kappa shape index (κ1) is 18.0. The molecule has 4 atom stereocenters. The van der Waals surface area contributed by atoms with E-state index in [4.69, 9.17) is 104 Å². The summed E-state index contributed by atoms with van der Waals surface area (Å²) in [5.74, 6) is -0.301. The number of hydrogen-bond donors (Lipinski definition) is 0. The molecule has 0 spiro atoms. The lowest BCUT2D eigenvalue weighted by Gasteiger charge is -2.49. The summed E-state index contributed by atoms with van der Waals surface area (Å²) < 4.78 is -1.23. The number of alkyl halides is 9. The first-order valence-corrected chi connectivity index (χ1v) is 9.30. The smallest absolute Gasteiger partial charge is 0.126 e. The fourth-order valence-corrected chi connectivity index (χ4v) is 8.97. The Hall–Kier alpha value is 2.61. The van der Waals surface area contributed by atoms with Gasteiger partial charge >= 0.3 is 0 Å². The molecule has 112 valence electrons. The normalized spacial score (nSPS) is 43.4. The molecule has 0 saturated heterocycles. The van der Waals surface area contributed by atoms with Crippen LogP contribution in [0.1, 0.15) is 6.42 Å². The van der Waals surface area contributed by atoms with Crippen molar-refractivity contribution in [1.29, 1.82) is 0 Å². The van der Waals surface area contributed by atoms with E-state index in [0.29, 0.717) is 6.42 Å². The van der Waals surface area contributed by atoms with Gasteiger partial charge < -0.3 is 0 Å². The first-order valence-electron chi connectivity index (χ1n) is 5.39. The van der Waals surface area contributed by atoms with Gasteiger partial charge in [0, 0.05) is 16.7 Å². The number of fused-ring (bicyclic) bond motifs is 2. The molecule has 0 aromatic rings. The third kappa shape index (κ3) is 1.94. The molecule has 2 rings (SSSR count). The van der Waals surface area contributed by atoms with Crippen LogP contribution in [0.15, 0.2) is 0 Å². The summed E-state index contributed by atoms with van der Waals surface area (Å²) in [6.07, 6.45) is 0.339. The molecule has 0 amide bonds. The van der Waals surface area contributed by atoms with Crippen LogP contribution in [0.4, 0.5) is 0 Å². The molecule has 0 aromatic heterocycles. The molecule has 0 aliphatic heterocycles. The van der Waals surface area contributed by atoms with Crippen LogP contribution in [0.2, 0.25) is 0 Å². The summed E-state index contributed by atoms with van der Waals surface area (Å²) >= 11 is 56.7. The van der Waals surface area contributed by atoms with Crippen LogP contribution in [-0.4, -0.2) is 30.6 Å². The Morgan fingerprint density at radius 1 is 1.00 bits per heavy atom. The molecule has 0 N–H and O–H groups in total. The molecule has 9 heteroatoms. The molecule has 2 unspecified atom stereocenters. The van der Waals surface area contributed by atoms with Gasteiger partial charge in [0.1, 0.15) is 14.0 Å². The minimum atomic E-state index is -1.23. The molecule has 19 heavy (non-hydrogen) atoms. The SMILES string of the molecule is ClCC12[C@@H](Cl)[C@H](Cl)C(CC1(Cl)Cl)C2(C(Cl)Cl)C(Cl)Cl. The van der Waals surface area contributed by atoms with E-state index in [1.54, 1.807) is 0 Å². The van der Waals surface area contributed by atoms with Crippen molar-refractivity contribution >= 4 is 104 Å². The van der Waals surface area contributed by atoms with E-state index in [1.165, 1.54) is 0 Å². The zero-order valence-electron chi connectivity index (χ0n) is 9.20. The van der Waals surface area contributed by atoms with Gasteiger partial charge in [-0.25, -0.2) is 0 Å². The standard InChI is InChI=1S/C10H9Cl9/c11-2-8-5(13)4(12)3(1-9(8,18)19)10(8,6(14)15)7(16)17/h3-7H,1-2H2/t3?,4-,5+,8?/m1/s1. The van der Waals surface area contributed by atoms with E-state index < -0.39 is 35.6 Å². The zero-order valence-corrected chi connectivity index (χ0v) is 16.0. The average Bonchev–Trinajstić information content (AvgIpc) is 2.62. The lowest BCUT2D eigenvalue weighted by atomic mass is 9.69. The third-order valence-corrected chi connectivity index (χ3v) is 8.76. The monoisotopic (exact) mass is 444 g/mol. The maximum Gasteiger partial charge on any atom is 0.127 e. The number of halogens is 9. The molecule has 0 heterocycles. The lowest BCUT2D eigenvalue weighted by molar-refractivity contribution is 0.137. The Balaban J connectivity index is 2.74. The summed E-state index contributed by atoms with van der Waals surface area (Å²) in [7, 11) is 0. The van der Waals surface area contributed by atoms with E-state index in [0.717, 1.165) is 0 Å². The Morgan fingerprint density at radius 3 is 1.79 bits per heavy atom. The largest absolute Gasteiger partial charge is 0.127 e. The highest BCUT2D eigenvalue weighted by Crippen LogP contribution is 2.79. The average molecular weight is 448 g/mol. The van der Waals surface area contributed by atoms with Crippen LogP contribution in [0, 0.1) is 16.7 Å². The second-order valence-corrected chi connectivity index (χ2v) is 9.92. The Bertz CT molecular complexity index is 360. The van der Waals surface area contributed by atoms with Gasteiger partial charge in [0.05, 0.1) is 10.8 Å². The highest BCUT2D eigenvalue weighted by Gasteiger charge is 2.83. The van der Waals surface area contributed by atoms with Crippen molar-refractivity contribution < 1.29 is 0 Å². The summed E-state index contributed by atoms with van der Waals surface area (Å²) in [4.78, 5) is -1.89. The molecule has 2 aliphatic rings. The van der Waals surface area contributed by atoms with Crippen molar-refractivity contribution in [3.63, 3.8) is 0 Å². The molecule has 2 fully saturated rings. The Kier molecular flexibility index (Phi) is 5.30. The fourth-order valence-electron chi connectivity index (χ4n) is 3.66. The molecule has 0 radical (unpaired) electrons. The van der Waals surface area contributed by atoms with Crippen LogP contribution in [-0.2, 0) is 0 Å². The Labute approximate surface area is 157 Å². The maximum atomic E-state index is 6.46. The second kappa shape index (κ2) is 5.60. The summed E-state index contributed by atoms with van der Waals surface area (Å²) in [5.41, 5.74) is -2.12.